The Morgan fingerprint density at radius 3 is 2.82 bits per heavy atom. The van der Waals surface area contributed by atoms with Gasteiger partial charge in [-0.15, -0.1) is 11.3 Å². The maximum Gasteiger partial charge on any atom is 0.269 e. The number of nitrogens with one attached hydrogen (secondary N) is 2. The van der Waals surface area contributed by atoms with E-state index >= 15 is 0 Å². The first-order valence-corrected chi connectivity index (χ1v) is 10.3. The molecular weight excluding hydrogens is 374 g/mol. The first kappa shape index (κ1) is 18.7. The molecule has 1 saturated carbocycles. The van der Waals surface area contributed by atoms with Gasteiger partial charge in [0.05, 0.1) is 17.1 Å². The van der Waals surface area contributed by atoms with E-state index in [0.29, 0.717) is 17.2 Å². The van der Waals surface area contributed by atoms with Crippen LogP contribution < -0.4 is 15.4 Å². The molecule has 0 unspecified atom stereocenters. The molecule has 3 aromatic rings. The summed E-state index contributed by atoms with van der Waals surface area (Å²) in [6, 6.07) is 11.5. The number of thiophene rings is 1. The van der Waals surface area contributed by atoms with Gasteiger partial charge < -0.3 is 20.5 Å². The number of hydrogen-bond acceptors (Lipinski definition) is 6. The molecule has 1 fully saturated rings. The fourth-order valence-electron chi connectivity index (χ4n) is 3.47. The molecule has 1 aromatic carbocycles. The summed E-state index contributed by atoms with van der Waals surface area (Å²) in [5, 5.41) is 18.4. The molecule has 1 amide bonds. The van der Waals surface area contributed by atoms with Crippen molar-refractivity contribution in [3.8, 4) is 11.5 Å². The van der Waals surface area contributed by atoms with Crippen molar-refractivity contribution >= 4 is 32.3 Å². The number of fused-ring (bicyclic) bond motifs is 1. The van der Waals surface area contributed by atoms with Gasteiger partial charge in [-0.05, 0) is 48.6 Å². The molecule has 0 saturated heterocycles. The molecule has 0 bridgehead atoms. The molecule has 1 aliphatic rings. The van der Waals surface area contributed by atoms with E-state index in [1.54, 1.807) is 36.7 Å². The second-order valence-corrected chi connectivity index (χ2v) is 8.05. The van der Waals surface area contributed by atoms with Crippen molar-refractivity contribution in [1.29, 1.82) is 0 Å². The van der Waals surface area contributed by atoms with Crippen LogP contribution in [0.5, 0.6) is 11.5 Å². The van der Waals surface area contributed by atoms with Crippen LogP contribution in [0.2, 0.25) is 0 Å². The number of carbonyl (C=O) groups is 1. The zero-order valence-corrected chi connectivity index (χ0v) is 16.5. The first-order chi connectivity index (χ1) is 13.6. The number of ether oxygens (including phenoxy) is 1. The molecule has 146 valence electrons. The number of rotatable bonds is 5. The van der Waals surface area contributed by atoms with Gasteiger partial charge in [0.1, 0.15) is 17.2 Å². The number of anilines is 1. The zero-order valence-electron chi connectivity index (χ0n) is 15.6. The summed E-state index contributed by atoms with van der Waals surface area (Å²) in [4.78, 5) is 15.8. The molecule has 0 aliphatic heterocycles. The van der Waals surface area contributed by atoms with Crippen LogP contribution in [0.1, 0.15) is 36.2 Å². The van der Waals surface area contributed by atoms with Crippen LogP contribution >= 0.6 is 11.3 Å². The quantitative estimate of drug-likeness (QED) is 0.602. The van der Waals surface area contributed by atoms with E-state index in [9.17, 15) is 9.90 Å². The minimum absolute atomic E-state index is 0.123. The predicted octanol–water partition coefficient (Wildman–Crippen LogP) is 4.16. The van der Waals surface area contributed by atoms with Gasteiger partial charge in [0.25, 0.3) is 5.91 Å². The number of aromatic nitrogens is 1. The molecule has 6 nitrogen and oxygen atoms in total. The van der Waals surface area contributed by atoms with Gasteiger partial charge in [0.15, 0.2) is 0 Å². The molecule has 7 heteroatoms. The highest BCUT2D eigenvalue weighted by Gasteiger charge is 2.23. The highest BCUT2D eigenvalue weighted by molar-refractivity contribution is 7.22. The van der Waals surface area contributed by atoms with Crippen molar-refractivity contribution in [2.45, 2.75) is 37.8 Å². The van der Waals surface area contributed by atoms with Crippen LogP contribution in [0.3, 0.4) is 0 Å². The summed E-state index contributed by atoms with van der Waals surface area (Å²) in [5.41, 5.74) is 0.315. The minimum Gasteiger partial charge on any atom is -0.457 e. The van der Waals surface area contributed by atoms with Gasteiger partial charge in [-0.25, -0.2) is 0 Å². The average Bonchev–Trinajstić information content (AvgIpc) is 3.11. The largest absolute Gasteiger partial charge is 0.457 e. The number of nitrogens with zero attached hydrogens (tertiary/aromatic N) is 1. The SMILES string of the molecule is CNC(=O)c1cc(Oc2ccc3cc(N[C@@H]4CCCC[C@H]4O)sc3c2)ccn1. The third kappa shape index (κ3) is 4.10. The molecule has 2 heterocycles. The molecule has 0 spiro atoms. The molecule has 3 N–H and O–H groups in total. The highest BCUT2D eigenvalue weighted by Crippen LogP contribution is 2.35. The van der Waals surface area contributed by atoms with Crippen LogP contribution in [0.4, 0.5) is 5.00 Å². The van der Waals surface area contributed by atoms with E-state index in [1.807, 2.05) is 18.2 Å². The summed E-state index contributed by atoms with van der Waals surface area (Å²) in [7, 11) is 1.57. The summed E-state index contributed by atoms with van der Waals surface area (Å²) in [6.45, 7) is 0. The molecule has 0 radical (unpaired) electrons. The number of pyridine rings is 1. The van der Waals surface area contributed by atoms with Gasteiger partial charge in [-0.3, -0.25) is 9.78 Å². The molecular formula is C21H23N3O3S. The van der Waals surface area contributed by atoms with Crippen molar-refractivity contribution < 1.29 is 14.6 Å². The monoisotopic (exact) mass is 397 g/mol. The second kappa shape index (κ2) is 8.16. The third-order valence-corrected chi connectivity index (χ3v) is 6.00. The smallest absolute Gasteiger partial charge is 0.269 e. The maximum atomic E-state index is 11.7. The van der Waals surface area contributed by atoms with Crippen molar-refractivity contribution in [3.63, 3.8) is 0 Å². The van der Waals surface area contributed by atoms with Crippen LogP contribution in [0.15, 0.2) is 42.6 Å². The Balaban J connectivity index is 1.51. The minimum atomic E-state index is -0.279. The lowest BCUT2D eigenvalue weighted by Crippen LogP contribution is -2.35. The topological polar surface area (TPSA) is 83.5 Å². The maximum absolute atomic E-state index is 11.7. The standard InChI is InChI=1S/C21H23N3O3S/c1-22-21(26)17-11-15(8-9-23-17)27-14-7-6-13-10-20(28-19(13)12-14)24-16-4-2-3-5-18(16)25/h6-12,16,18,24-25H,2-5H2,1H3,(H,22,26)/t16-,18-/m1/s1. The van der Waals surface area contributed by atoms with E-state index in [0.717, 1.165) is 40.8 Å². The van der Waals surface area contributed by atoms with Gasteiger partial charge in [-0.2, -0.15) is 0 Å². The van der Waals surface area contributed by atoms with Crippen molar-refractivity contribution in [1.82, 2.24) is 10.3 Å². The summed E-state index contributed by atoms with van der Waals surface area (Å²) in [5.74, 6) is 1.01. The Kier molecular flexibility index (Phi) is 5.45. The van der Waals surface area contributed by atoms with Crippen molar-refractivity contribution in [2.75, 3.05) is 12.4 Å². The number of benzene rings is 1. The Hall–Kier alpha value is -2.64. The van der Waals surface area contributed by atoms with Crippen molar-refractivity contribution in [2.24, 2.45) is 0 Å². The number of hydrogen-bond donors (Lipinski definition) is 3. The van der Waals surface area contributed by atoms with Crippen LogP contribution in [-0.4, -0.2) is 35.2 Å². The fraction of sp³-hybridized carbons (Fsp3) is 0.333. The van der Waals surface area contributed by atoms with Crippen LogP contribution in [0, 0.1) is 0 Å². The average molecular weight is 398 g/mol. The summed E-state index contributed by atoms with van der Waals surface area (Å²) in [6.07, 6.45) is 5.40. The Labute approximate surface area is 167 Å². The lowest BCUT2D eigenvalue weighted by molar-refractivity contribution is 0.0957. The molecule has 28 heavy (non-hydrogen) atoms. The second-order valence-electron chi connectivity index (χ2n) is 6.97. The van der Waals surface area contributed by atoms with E-state index in [2.05, 4.69) is 21.7 Å². The van der Waals surface area contributed by atoms with E-state index in [4.69, 9.17) is 4.74 Å². The van der Waals surface area contributed by atoms with E-state index in [1.165, 1.54) is 0 Å². The van der Waals surface area contributed by atoms with Crippen LogP contribution in [-0.2, 0) is 0 Å². The summed E-state index contributed by atoms with van der Waals surface area (Å²) < 4.78 is 7.03. The van der Waals surface area contributed by atoms with E-state index < -0.39 is 0 Å². The van der Waals surface area contributed by atoms with E-state index in [-0.39, 0.29) is 18.1 Å². The number of aliphatic hydroxyl groups excluding tert-OH is 1. The van der Waals surface area contributed by atoms with Gasteiger partial charge >= 0.3 is 0 Å². The normalized spacial score (nSPS) is 19.4. The zero-order chi connectivity index (χ0) is 19.5. The number of carbonyl (C=O) groups excluding carboxylic acids is 1. The van der Waals surface area contributed by atoms with Gasteiger partial charge in [-0.1, -0.05) is 12.8 Å². The molecule has 1 aliphatic carbocycles. The van der Waals surface area contributed by atoms with Gasteiger partial charge in [0.2, 0.25) is 0 Å². The third-order valence-electron chi connectivity index (χ3n) is 4.98. The lowest BCUT2D eigenvalue weighted by atomic mass is 9.93. The van der Waals surface area contributed by atoms with Crippen molar-refractivity contribution in [3.05, 3.63) is 48.3 Å². The highest BCUT2D eigenvalue weighted by atomic mass is 32.1. The first-order valence-electron chi connectivity index (χ1n) is 9.46. The Bertz CT molecular complexity index is 988. The fourth-order valence-corrected chi connectivity index (χ4v) is 4.52. The number of aliphatic hydroxyl groups is 1. The molecule has 2 atom stereocenters. The predicted molar refractivity (Wildman–Crippen MR) is 111 cm³/mol. The van der Waals surface area contributed by atoms with Gasteiger partial charge in [0, 0.05) is 24.0 Å². The molecule has 2 aromatic heterocycles. The Morgan fingerprint density at radius 1 is 1.18 bits per heavy atom. The van der Waals surface area contributed by atoms with Crippen LogP contribution in [0.25, 0.3) is 10.1 Å². The summed E-state index contributed by atoms with van der Waals surface area (Å²) >= 11 is 1.65. The Morgan fingerprint density at radius 2 is 2.00 bits per heavy atom. The lowest BCUT2D eigenvalue weighted by Gasteiger charge is -2.28. The number of amides is 1. The molecule has 4 rings (SSSR count).